The minimum atomic E-state index is 0.159. The standard InChI is InChI=1S/C19H26N4OS/c1-13-4-8-15(9-5-13)18-20-19(22-21-18)25-12-17(24)23(3)16-10-6-14(2)7-11-16/h4-5,8-9,14,16H,6-7,10-12H2,1-3H3,(H,20,21,22). The van der Waals surface area contributed by atoms with Crippen LogP contribution in [0, 0.1) is 12.8 Å². The summed E-state index contributed by atoms with van der Waals surface area (Å²) in [7, 11) is 1.93. The summed E-state index contributed by atoms with van der Waals surface area (Å²) < 4.78 is 0. The first-order valence-electron chi connectivity index (χ1n) is 8.91. The summed E-state index contributed by atoms with van der Waals surface area (Å²) in [6.07, 6.45) is 4.67. The lowest BCUT2D eigenvalue weighted by molar-refractivity contribution is -0.129. The van der Waals surface area contributed by atoms with Crippen LogP contribution < -0.4 is 0 Å². The van der Waals surface area contributed by atoms with Crippen LogP contribution in [0.4, 0.5) is 0 Å². The molecule has 2 aromatic rings. The number of H-pyrrole nitrogens is 1. The fourth-order valence-corrected chi connectivity index (χ4v) is 3.94. The first-order chi connectivity index (χ1) is 12.0. The molecule has 1 amide bonds. The van der Waals surface area contributed by atoms with Gasteiger partial charge in [-0.05, 0) is 38.5 Å². The summed E-state index contributed by atoms with van der Waals surface area (Å²) in [5.41, 5.74) is 2.22. The zero-order valence-electron chi connectivity index (χ0n) is 15.2. The van der Waals surface area contributed by atoms with Crippen LogP contribution >= 0.6 is 11.8 Å². The van der Waals surface area contributed by atoms with E-state index in [0.717, 1.165) is 30.1 Å². The minimum absolute atomic E-state index is 0.159. The number of carbonyl (C=O) groups excluding carboxylic acids is 1. The van der Waals surface area contributed by atoms with E-state index in [2.05, 4.69) is 29.0 Å². The molecule has 0 atom stereocenters. The lowest BCUT2D eigenvalue weighted by Gasteiger charge is -2.33. The molecule has 1 aliphatic rings. The van der Waals surface area contributed by atoms with E-state index < -0.39 is 0 Å². The van der Waals surface area contributed by atoms with Gasteiger partial charge in [0.05, 0.1) is 5.75 Å². The Morgan fingerprint density at radius 3 is 2.60 bits per heavy atom. The van der Waals surface area contributed by atoms with Crippen molar-refractivity contribution in [1.82, 2.24) is 20.1 Å². The predicted octanol–water partition coefficient (Wildman–Crippen LogP) is 3.91. The number of aromatic nitrogens is 3. The molecule has 0 saturated heterocycles. The number of thioether (sulfide) groups is 1. The summed E-state index contributed by atoms with van der Waals surface area (Å²) >= 11 is 1.40. The zero-order chi connectivity index (χ0) is 17.8. The first kappa shape index (κ1) is 18.0. The Balaban J connectivity index is 1.53. The van der Waals surface area contributed by atoms with Crippen molar-refractivity contribution in [3.05, 3.63) is 29.8 Å². The van der Waals surface area contributed by atoms with Gasteiger partial charge in [-0.2, -0.15) is 0 Å². The third-order valence-corrected chi connectivity index (χ3v) is 5.87. The van der Waals surface area contributed by atoms with Gasteiger partial charge in [-0.25, -0.2) is 4.98 Å². The van der Waals surface area contributed by atoms with Gasteiger partial charge in [0.2, 0.25) is 11.1 Å². The van der Waals surface area contributed by atoms with E-state index in [1.807, 2.05) is 36.2 Å². The molecular weight excluding hydrogens is 332 g/mol. The molecule has 0 radical (unpaired) electrons. The highest BCUT2D eigenvalue weighted by atomic mass is 32.2. The Hall–Kier alpha value is -1.82. The third-order valence-electron chi connectivity index (χ3n) is 5.04. The molecule has 6 heteroatoms. The van der Waals surface area contributed by atoms with Gasteiger partial charge < -0.3 is 4.90 Å². The molecule has 0 bridgehead atoms. The van der Waals surface area contributed by atoms with Crippen molar-refractivity contribution >= 4 is 17.7 Å². The van der Waals surface area contributed by atoms with Crippen LogP contribution in [0.1, 0.15) is 38.2 Å². The minimum Gasteiger partial charge on any atom is -0.342 e. The van der Waals surface area contributed by atoms with E-state index in [-0.39, 0.29) is 5.91 Å². The molecule has 0 aliphatic heterocycles. The van der Waals surface area contributed by atoms with Crippen molar-refractivity contribution in [2.75, 3.05) is 12.8 Å². The highest BCUT2D eigenvalue weighted by Crippen LogP contribution is 2.27. The second-order valence-corrected chi connectivity index (χ2v) is 7.98. The van der Waals surface area contributed by atoms with Crippen LogP contribution in [0.3, 0.4) is 0 Å². The van der Waals surface area contributed by atoms with Crippen LogP contribution in [-0.2, 0) is 4.79 Å². The molecule has 1 aromatic heterocycles. The highest BCUT2D eigenvalue weighted by Gasteiger charge is 2.24. The van der Waals surface area contributed by atoms with Crippen molar-refractivity contribution in [1.29, 1.82) is 0 Å². The number of aryl methyl sites for hydroxylation is 1. The van der Waals surface area contributed by atoms with E-state index in [1.54, 1.807) is 0 Å². The maximum atomic E-state index is 12.5. The van der Waals surface area contributed by atoms with Gasteiger partial charge in [-0.3, -0.25) is 9.89 Å². The molecule has 0 spiro atoms. The van der Waals surface area contributed by atoms with Gasteiger partial charge in [0.15, 0.2) is 5.82 Å². The fourth-order valence-electron chi connectivity index (χ4n) is 3.21. The number of benzene rings is 1. The van der Waals surface area contributed by atoms with E-state index in [1.165, 1.54) is 30.2 Å². The number of nitrogens with zero attached hydrogens (tertiary/aromatic N) is 3. The number of aromatic amines is 1. The third kappa shape index (κ3) is 4.63. The number of amides is 1. The Labute approximate surface area is 153 Å². The highest BCUT2D eigenvalue weighted by molar-refractivity contribution is 7.99. The molecule has 1 heterocycles. The molecule has 134 valence electrons. The summed E-state index contributed by atoms with van der Waals surface area (Å²) in [5.74, 6) is 2.08. The van der Waals surface area contributed by atoms with Crippen LogP contribution in [-0.4, -0.2) is 44.8 Å². The molecule has 25 heavy (non-hydrogen) atoms. The topological polar surface area (TPSA) is 61.9 Å². The average molecular weight is 359 g/mol. The van der Waals surface area contributed by atoms with E-state index in [0.29, 0.717) is 17.0 Å². The summed E-state index contributed by atoms with van der Waals surface area (Å²) in [6, 6.07) is 8.53. The molecular formula is C19H26N4OS. The lowest BCUT2D eigenvalue weighted by Crippen LogP contribution is -2.40. The Kier molecular flexibility index (Phi) is 5.78. The molecule has 5 nitrogen and oxygen atoms in total. The second-order valence-electron chi connectivity index (χ2n) is 7.04. The summed E-state index contributed by atoms with van der Waals surface area (Å²) in [6.45, 7) is 4.35. The first-order valence-corrected chi connectivity index (χ1v) is 9.89. The fraction of sp³-hybridized carbons (Fsp3) is 0.526. The molecule has 3 rings (SSSR count). The van der Waals surface area contributed by atoms with Gasteiger partial charge in [0, 0.05) is 18.7 Å². The molecule has 1 N–H and O–H groups in total. The smallest absolute Gasteiger partial charge is 0.233 e. The Bertz CT molecular complexity index is 704. The average Bonchev–Trinajstić information content (AvgIpc) is 3.09. The van der Waals surface area contributed by atoms with Crippen LogP contribution in [0.25, 0.3) is 11.4 Å². The van der Waals surface area contributed by atoms with Gasteiger partial charge in [0.25, 0.3) is 0 Å². The monoisotopic (exact) mass is 358 g/mol. The van der Waals surface area contributed by atoms with E-state index >= 15 is 0 Å². The summed E-state index contributed by atoms with van der Waals surface area (Å²) in [5, 5.41) is 7.80. The van der Waals surface area contributed by atoms with Gasteiger partial charge in [-0.15, -0.1) is 5.10 Å². The normalized spacial score (nSPS) is 20.4. The lowest BCUT2D eigenvalue weighted by atomic mass is 9.87. The van der Waals surface area contributed by atoms with Crippen LogP contribution in [0.2, 0.25) is 0 Å². The predicted molar refractivity (Wildman–Crippen MR) is 101 cm³/mol. The van der Waals surface area contributed by atoms with Gasteiger partial charge >= 0.3 is 0 Å². The maximum absolute atomic E-state index is 12.5. The molecule has 0 unspecified atom stereocenters. The summed E-state index contributed by atoms with van der Waals surface area (Å²) in [4.78, 5) is 18.9. The van der Waals surface area contributed by atoms with Crippen molar-refractivity contribution in [2.24, 2.45) is 5.92 Å². The van der Waals surface area contributed by atoms with Crippen LogP contribution in [0.5, 0.6) is 0 Å². The molecule has 1 aliphatic carbocycles. The number of carbonyl (C=O) groups is 1. The second kappa shape index (κ2) is 8.04. The van der Waals surface area contributed by atoms with Gasteiger partial charge in [0.1, 0.15) is 0 Å². The quantitative estimate of drug-likeness (QED) is 0.823. The maximum Gasteiger partial charge on any atom is 0.233 e. The zero-order valence-corrected chi connectivity index (χ0v) is 16.0. The number of hydrogen-bond donors (Lipinski definition) is 1. The number of rotatable bonds is 5. The largest absolute Gasteiger partial charge is 0.342 e. The van der Waals surface area contributed by atoms with E-state index in [9.17, 15) is 4.79 Å². The van der Waals surface area contributed by atoms with Crippen molar-refractivity contribution in [2.45, 2.75) is 50.7 Å². The van der Waals surface area contributed by atoms with Crippen molar-refractivity contribution < 1.29 is 4.79 Å². The Morgan fingerprint density at radius 2 is 1.92 bits per heavy atom. The Morgan fingerprint density at radius 1 is 1.24 bits per heavy atom. The molecule has 1 aromatic carbocycles. The molecule has 1 fully saturated rings. The van der Waals surface area contributed by atoms with Gasteiger partial charge in [-0.1, -0.05) is 48.5 Å². The SMILES string of the molecule is Cc1ccc(-c2nc(SCC(=O)N(C)C3CCC(C)CC3)n[nH]2)cc1. The van der Waals surface area contributed by atoms with Crippen LogP contribution in [0.15, 0.2) is 29.4 Å². The number of hydrogen-bond acceptors (Lipinski definition) is 4. The van der Waals surface area contributed by atoms with E-state index in [4.69, 9.17) is 0 Å². The van der Waals surface area contributed by atoms with Crippen molar-refractivity contribution in [3.63, 3.8) is 0 Å². The van der Waals surface area contributed by atoms with Crippen molar-refractivity contribution in [3.8, 4) is 11.4 Å². The molecule has 1 saturated carbocycles. The number of nitrogens with one attached hydrogen (secondary N) is 1.